The zero-order chi connectivity index (χ0) is 18.9. The van der Waals surface area contributed by atoms with Gasteiger partial charge in [0, 0.05) is 0 Å². The van der Waals surface area contributed by atoms with Crippen LogP contribution in [-0.2, 0) is 17.8 Å². The van der Waals surface area contributed by atoms with Gasteiger partial charge in [-0.15, -0.1) is 0 Å². The van der Waals surface area contributed by atoms with Crippen LogP contribution in [0.15, 0.2) is 36.4 Å². The summed E-state index contributed by atoms with van der Waals surface area (Å²) in [7, 11) is 0. The van der Waals surface area contributed by atoms with E-state index in [-0.39, 0.29) is 6.61 Å². The standard InChI is InChI=1S/C21H27NO4/c1-5-16-11-12-19(15(4)13-16)26-14-17-18(22-21(23)25-7-3)9-8-10-20(17)24-6-2/h8-13H,5-7,14H2,1-4H3,(H,22,23). The van der Waals surface area contributed by atoms with E-state index in [9.17, 15) is 4.79 Å². The monoisotopic (exact) mass is 357 g/mol. The first-order chi connectivity index (χ1) is 12.6. The number of nitrogens with one attached hydrogen (secondary N) is 1. The van der Waals surface area contributed by atoms with Crippen molar-refractivity contribution >= 4 is 11.8 Å². The molecule has 2 aromatic carbocycles. The second kappa shape index (κ2) is 9.70. The predicted octanol–water partition coefficient (Wildman–Crippen LogP) is 5.10. The van der Waals surface area contributed by atoms with Crippen molar-refractivity contribution in [2.45, 2.75) is 40.7 Å². The number of rotatable bonds is 8. The maximum absolute atomic E-state index is 11.8. The summed E-state index contributed by atoms with van der Waals surface area (Å²) < 4.78 is 16.7. The zero-order valence-corrected chi connectivity index (χ0v) is 15.9. The molecule has 0 aliphatic heterocycles. The van der Waals surface area contributed by atoms with Crippen molar-refractivity contribution in [2.24, 2.45) is 0 Å². The van der Waals surface area contributed by atoms with E-state index >= 15 is 0 Å². The van der Waals surface area contributed by atoms with Crippen LogP contribution in [0, 0.1) is 6.92 Å². The number of aryl methyl sites for hydroxylation is 2. The SMILES string of the molecule is CCOC(=O)Nc1cccc(OCC)c1COc1ccc(CC)cc1C. The fourth-order valence-corrected chi connectivity index (χ4v) is 2.64. The third-order valence-corrected chi connectivity index (χ3v) is 3.96. The van der Waals surface area contributed by atoms with Crippen molar-refractivity contribution in [1.29, 1.82) is 0 Å². The Labute approximate surface area is 155 Å². The van der Waals surface area contributed by atoms with Gasteiger partial charge in [-0.3, -0.25) is 5.32 Å². The topological polar surface area (TPSA) is 56.8 Å². The Hall–Kier alpha value is -2.69. The number of hydrogen-bond acceptors (Lipinski definition) is 4. The minimum absolute atomic E-state index is 0.282. The molecule has 0 unspecified atom stereocenters. The minimum atomic E-state index is -0.495. The molecule has 2 rings (SSSR count). The lowest BCUT2D eigenvalue weighted by atomic mass is 10.1. The highest BCUT2D eigenvalue weighted by atomic mass is 16.5. The van der Waals surface area contributed by atoms with E-state index in [1.54, 1.807) is 6.92 Å². The Morgan fingerprint density at radius 1 is 1.00 bits per heavy atom. The third kappa shape index (κ3) is 5.15. The second-order valence-corrected chi connectivity index (χ2v) is 5.80. The molecule has 0 heterocycles. The van der Waals surface area contributed by atoms with Gasteiger partial charge in [0.2, 0.25) is 0 Å². The van der Waals surface area contributed by atoms with Crippen LogP contribution in [0.2, 0.25) is 0 Å². The number of benzene rings is 2. The van der Waals surface area contributed by atoms with Crippen LogP contribution in [0.1, 0.15) is 37.5 Å². The summed E-state index contributed by atoms with van der Waals surface area (Å²) in [5.74, 6) is 1.50. The summed E-state index contributed by atoms with van der Waals surface area (Å²) in [4.78, 5) is 11.8. The largest absolute Gasteiger partial charge is 0.493 e. The highest BCUT2D eigenvalue weighted by molar-refractivity contribution is 5.86. The number of ether oxygens (including phenoxy) is 3. The Morgan fingerprint density at radius 3 is 2.46 bits per heavy atom. The number of hydrogen-bond donors (Lipinski definition) is 1. The molecule has 0 spiro atoms. The molecule has 0 atom stereocenters. The van der Waals surface area contributed by atoms with Gasteiger partial charge in [0.1, 0.15) is 18.1 Å². The molecule has 1 amide bonds. The van der Waals surface area contributed by atoms with Gasteiger partial charge < -0.3 is 14.2 Å². The summed E-state index contributed by atoms with van der Waals surface area (Å²) >= 11 is 0. The van der Waals surface area contributed by atoms with Gasteiger partial charge in [-0.05, 0) is 56.5 Å². The number of anilines is 1. The summed E-state index contributed by atoms with van der Waals surface area (Å²) in [6.45, 7) is 8.96. The van der Waals surface area contributed by atoms with Crippen molar-refractivity contribution < 1.29 is 19.0 Å². The van der Waals surface area contributed by atoms with Crippen molar-refractivity contribution in [3.8, 4) is 11.5 Å². The van der Waals surface area contributed by atoms with Gasteiger partial charge in [-0.2, -0.15) is 0 Å². The second-order valence-electron chi connectivity index (χ2n) is 5.80. The van der Waals surface area contributed by atoms with Gasteiger partial charge in [0.25, 0.3) is 0 Å². The fraction of sp³-hybridized carbons (Fsp3) is 0.381. The molecular weight excluding hydrogens is 330 g/mol. The third-order valence-electron chi connectivity index (χ3n) is 3.96. The van der Waals surface area contributed by atoms with Gasteiger partial charge in [-0.25, -0.2) is 4.79 Å². The maximum atomic E-state index is 11.8. The van der Waals surface area contributed by atoms with E-state index in [0.717, 1.165) is 23.3 Å². The first-order valence-corrected chi connectivity index (χ1v) is 8.99. The highest BCUT2D eigenvalue weighted by Crippen LogP contribution is 2.29. The van der Waals surface area contributed by atoms with Crippen LogP contribution in [0.25, 0.3) is 0 Å². The molecule has 2 aromatic rings. The van der Waals surface area contributed by atoms with E-state index in [1.165, 1.54) is 5.56 Å². The first kappa shape index (κ1) is 19.6. The van der Waals surface area contributed by atoms with Gasteiger partial charge in [0.15, 0.2) is 0 Å². The van der Waals surface area contributed by atoms with E-state index in [2.05, 4.69) is 24.4 Å². The zero-order valence-electron chi connectivity index (χ0n) is 15.9. The lowest BCUT2D eigenvalue weighted by molar-refractivity contribution is 0.168. The number of carbonyl (C=O) groups excluding carboxylic acids is 1. The number of carbonyl (C=O) groups is 1. The fourth-order valence-electron chi connectivity index (χ4n) is 2.64. The molecule has 0 saturated heterocycles. The predicted molar refractivity (Wildman–Crippen MR) is 103 cm³/mol. The minimum Gasteiger partial charge on any atom is -0.493 e. The van der Waals surface area contributed by atoms with E-state index < -0.39 is 6.09 Å². The molecule has 0 aromatic heterocycles. The molecule has 0 saturated carbocycles. The lowest BCUT2D eigenvalue weighted by Crippen LogP contribution is -2.15. The van der Waals surface area contributed by atoms with E-state index in [4.69, 9.17) is 14.2 Å². The molecule has 0 radical (unpaired) electrons. The quantitative estimate of drug-likeness (QED) is 0.714. The molecule has 0 aliphatic carbocycles. The molecular formula is C21H27NO4. The summed E-state index contributed by atoms with van der Waals surface area (Å²) in [6.07, 6.45) is 0.493. The smallest absolute Gasteiger partial charge is 0.411 e. The maximum Gasteiger partial charge on any atom is 0.411 e. The van der Waals surface area contributed by atoms with Crippen molar-refractivity contribution in [3.05, 3.63) is 53.1 Å². The average molecular weight is 357 g/mol. The Kier molecular flexibility index (Phi) is 7.33. The normalized spacial score (nSPS) is 10.3. The summed E-state index contributed by atoms with van der Waals surface area (Å²) in [6, 6.07) is 11.7. The summed E-state index contributed by atoms with van der Waals surface area (Å²) in [5.41, 5.74) is 3.76. The lowest BCUT2D eigenvalue weighted by Gasteiger charge is -2.17. The van der Waals surface area contributed by atoms with Gasteiger partial charge in [-0.1, -0.05) is 25.1 Å². The molecule has 5 heteroatoms. The number of amides is 1. The van der Waals surface area contributed by atoms with Crippen LogP contribution in [0.4, 0.5) is 10.5 Å². The molecule has 140 valence electrons. The Morgan fingerprint density at radius 2 is 1.81 bits per heavy atom. The molecule has 26 heavy (non-hydrogen) atoms. The van der Waals surface area contributed by atoms with Gasteiger partial charge >= 0.3 is 6.09 Å². The van der Waals surface area contributed by atoms with Crippen LogP contribution in [-0.4, -0.2) is 19.3 Å². The molecule has 0 aliphatic rings. The van der Waals surface area contributed by atoms with Crippen LogP contribution >= 0.6 is 0 Å². The Balaban J connectivity index is 2.23. The molecule has 1 N–H and O–H groups in total. The highest BCUT2D eigenvalue weighted by Gasteiger charge is 2.14. The van der Waals surface area contributed by atoms with Crippen molar-refractivity contribution in [1.82, 2.24) is 0 Å². The van der Waals surface area contributed by atoms with Crippen LogP contribution in [0.3, 0.4) is 0 Å². The van der Waals surface area contributed by atoms with E-state index in [0.29, 0.717) is 24.7 Å². The van der Waals surface area contributed by atoms with Crippen molar-refractivity contribution in [2.75, 3.05) is 18.5 Å². The average Bonchev–Trinajstić information content (AvgIpc) is 2.62. The van der Waals surface area contributed by atoms with Crippen LogP contribution in [0.5, 0.6) is 11.5 Å². The van der Waals surface area contributed by atoms with Crippen molar-refractivity contribution in [3.63, 3.8) is 0 Å². The van der Waals surface area contributed by atoms with E-state index in [1.807, 2.05) is 38.1 Å². The molecule has 0 bridgehead atoms. The first-order valence-electron chi connectivity index (χ1n) is 8.99. The Bertz CT molecular complexity index is 743. The van der Waals surface area contributed by atoms with Gasteiger partial charge in [0.05, 0.1) is 24.5 Å². The molecule has 0 fully saturated rings. The van der Waals surface area contributed by atoms with Crippen LogP contribution < -0.4 is 14.8 Å². The summed E-state index contributed by atoms with van der Waals surface area (Å²) in [5, 5.41) is 2.76. The molecule has 5 nitrogen and oxygen atoms in total.